The molecule has 0 atom stereocenters. The Morgan fingerprint density at radius 1 is 1.44 bits per heavy atom. The maximum Gasteiger partial charge on any atom is 0.122 e. The molecule has 0 amide bonds. The predicted molar refractivity (Wildman–Crippen MR) is 64.0 cm³/mol. The highest BCUT2D eigenvalue weighted by atomic mass is 16.5. The molecule has 4 heteroatoms. The van der Waals surface area contributed by atoms with Crippen molar-refractivity contribution >= 4 is 5.52 Å². The quantitative estimate of drug-likeness (QED) is 0.779. The van der Waals surface area contributed by atoms with Gasteiger partial charge in [0, 0.05) is 18.8 Å². The first kappa shape index (κ1) is 11.0. The van der Waals surface area contributed by atoms with Gasteiger partial charge < -0.3 is 9.64 Å². The molecule has 4 nitrogen and oxygen atoms in total. The van der Waals surface area contributed by atoms with Crippen LogP contribution in [0.1, 0.15) is 5.56 Å². The molecule has 0 aromatic carbocycles. The Morgan fingerprint density at radius 3 is 2.94 bits per heavy atom. The normalized spacial score (nSPS) is 11.2. The van der Waals surface area contributed by atoms with Crippen molar-refractivity contribution in [3.63, 3.8) is 0 Å². The van der Waals surface area contributed by atoms with Crippen LogP contribution in [0.2, 0.25) is 0 Å². The average Bonchev–Trinajstić information content (AvgIpc) is 2.68. The molecule has 0 N–H and O–H groups in total. The van der Waals surface area contributed by atoms with Crippen molar-refractivity contribution in [2.24, 2.45) is 0 Å². The van der Waals surface area contributed by atoms with Gasteiger partial charge >= 0.3 is 0 Å². The third-order valence-electron chi connectivity index (χ3n) is 2.64. The first-order chi connectivity index (χ1) is 7.70. The van der Waals surface area contributed by atoms with Crippen molar-refractivity contribution in [3.8, 4) is 5.75 Å². The zero-order chi connectivity index (χ0) is 11.5. The number of fused-ring (bicyclic) bond motifs is 1. The molecular weight excluding hydrogens is 202 g/mol. The molecule has 0 saturated carbocycles. The maximum atomic E-state index is 5.22. The summed E-state index contributed by atoms with van der Waals surface area (Å²) < 4.78 is 7.10. The van der Waals surface area contributed by atoms with Gasteiger partial charge in [0.05, 0.1) is 18.8 Å². The fourth-order valence-corrected chi connectivity index (χ4v) is 1.68. The Hall–Kier alpha value is -1.55. The van der Waals surface area contributed by atoms with E-state index in [4.69, 9.17) is 4.74 Å². The van der Waals surface area contributed by atoms with E-state index < -0.39 is 0 Å². The maximum absolute atomic E-state index is 5.22. The zero-order valence-electron chi connectivity index (χ0n) is 9.97. The van der Waals surface area contributed by atoms with Gasteiger partial charge in [-0.15, -0.1) is 0 Å². The van der Waals surface area contributed by atoms with Crippen LogP contribution in [0.25, 0.3) is 5.52 Å². The summed E-state index contributed by atoms with van der Waals surface area (Å²) in [7, 11) is 5.83. The van der Waals surface area contributed by atoms with Crippen LogP contribution in [0.4, 0.5) is 0 Å². The summed E-state index contributed by atoms with van der Waals surface area (Å²) in [6.45, 7) is 1.03. The molecule has 0 unspecified atom stereocenters. The van der Waals surface area contributed by atoms with E-state index in [0.717, 1.165) is 24.2 Å². The fraction of sp³-hybridized carbons (Fsp3) is 0.417. The molecule has 2 rings (SSSR count). The smallest absolute Gasteiger partial charge is 0.122 e. The van der Waals surface area contributed by atoms with Gasteiger partial charge in [-0.3, -0.25) is 0 Å². The number of likely N-dealkylation sites (N-methyl/N-ethyl adjacent to an activating group) is 1. The van der Waals surface area contributed by atoms with Gasteiger partial charge in [-0.25, -0.2) is 4.52 Å². The lowest BCUT2D eigenvalue weighted by Crippen LogP contribution is -2.14. The number of hydrogen-bond acceptors (Lipinski definition) is 3. The Labute approximate surface area is 95.4 Å². The highest BCUT2D eigenvalue weighted by molar-refractivity contribution is 5.56. The van der Waals surface area contributed by atoms with Gasteiger partial charge in [0.15, 0.2) is 0 Å². The number of ether oxygens (including phenoxy) is 1. The minimum absolute atomic E-state index is 0.874. The molecule has 0 aliphatic carbocycles. The summed E-state index contributed by atoms with van der Waals surface area (Å²) in [4.78, 5) is 2.17. The minimum Gasteiger partial charge on any atom is -0.497 e. The van der Waals surface area contributed by atoms with Crippen LogP contribution in [0, 0.1) is 0 Å². The SMILES string of the molecule is COc1ccn2ncc(CCN(C)C)c2c1. The number of rotatable bonds is 4. The van der Waals surface area contributed by atoms with Gasteiger partial charge in [0.1, 0.15) is 5.75 Å². The Balaban J connectivity index is 2.30. The van der Waals surface area contributed by atoms with E-state index in [0.29, 0.717) is 0 Å². The molecule has 0 aliphatic rings. The van der Waals surface area contributed by atoms with Gasteiger partial charge in [0.2, 0.25) is 0 Å². The molecule has 0 fully saturated rings. The molecule has 0 spiro atoms. The van der Waals surface area contributed by atoms with Crippen molar-refractivity contribution in [1.29, 1.82) is 0 Å². The molecule has 0 radical (unpaired) electrons. The van der Waals surface area contributed by atoms with E-state index in [2.05, 4.69) is 24.1 Å². The molecule has 2 aromatic heterocycles. The summed E-state index contributed by atoms with van der Waals surface area (Å²) >= 11 is 0. The highest BCUT2D eigenvalue weighted by Gasteiger charge is 2.05. The molecular formula is C12H17N3O. The van der Waals surface area contributed by atoms with Gasteiger partial charge in [0.25, 0.3) is 0 Å². The Morgan fingerprint density at radius 2 is 2.25 bits per heavy atom. The number of hydrogen-bond donors (Lipinski definition) is 0. The van der Waals surface area contributed by atoms with Crippen LogP contribution in [-0.2, 0) is 6.42 Å². The fourth-order valence-electron chi connectivity index (χ4n) is 1.68. The second-order valence-electron chi connectivity index (χ2n) is 4.12. The third kappa shape index (κ3) is 2.17. The molecule has 0 saturated heterocycles. The van der Waals surface area contributed by atoms with Crippen LogP contribution in [0.15, 0.2) is 24.5 Å². The van der Waals surface area contributed by atoms with E-state index >= 15 is 0 Å². The number of aromatic nitrogens is 2. The number of methoxy groups -OCH3 is 1. The van der Waals surface area contributed by atoms with Crippen molar-refractivity contribution in [3.05, 3.63) is 30.1 Å². The second-order valence-corrected chi connectivity index (χ2v) is 4.12. The van der Waals surface area contributed by atoms with Gasteiger partial charge in [-0.1, -0.05) is 0 Å². The second kappa shape index (κ2) is 4.53. The van der Waals surface area contributed by atoms with E-state index in [1.54, 1.807) is 7.11 Å². The lowest BCUT2D eigenvalue weighted by Gasteiger charge is -2.08. The van der Waals surface area contributed by atoms with Crippen LogP contribution < -0.4 is 4.74 Å². The molecule has 2 aromatic rings. The first-order valence-corrected chi connectivity index (χ1v) is 5.35. The van der Waals surface area contributed by atoms with E-state index in [1.165, 1.54) is 5.56 Å². The lowest BCUT2D eigenvalue weighted by atomic mass is 10.2. The molecule has 2 heterocycles. The van der Waals surface area contributed by atoms with Crippen LogP contribution in [-0.4, -0.2) is 42.3 Å². The monoisotopic (exact) mass is 219 g/mol. The molecule has 0 aliphatic heterocycles. The summed E-state index contributed by atoms with van der Waals surface area (Å²) in [6, 6.07) is 3.94. The lowest BCUT2D eigenvalue weighted by molar-refractivity contribution is 0.413. The molecule has 86 valence electrons. The summed E-state index contributed by atoms with van der Waals surface area (Å²) in [5.41, 5.74) is 2.38. The van der Waals surface area contributed by atoms with Crippen molar-refractivity contribution in [1.82, 2.24) is 14.5 Å². The number of pyridine rings is 1. The first-order valence-electron chi connectivity index (χ1n) is 5.35. The predicted octanol–water partition coefficient (Wildman–Crippen LogP) is 1.45. The molecule has 0 bridgehead atoms. The largest absolute Gasteiger partial charge is 0.497 e. The Kier molecular flexibility index (Phi) is 3.10. The van der Waals surface area contributed by atoms with Crippen molar-refractivity contribution < 1.29 is 4.74 Å². The van der Waals surface area contributed by atoms with Crippen LogP contribution >= 0.6 is 0 Å². The topological polar surface area (TPSA) is 29.8 Å². The van der Waals surface area contributed by atoms with Gasteiger partial charge in [-0.2, -0.15) is 5.10 Å². The van der Waals surface area contributed by atoms with Crippen LogP contribution in [0.5, 0.6) is 5.75 Å². The zero-order valence-corrected chi connectivity index (χ0v) is 9.97. The number of nitrogens with zero attached hydrogens (tertiary/aromatic N) is 3. The third-order valence-corrected chi connectivity index (χ3v) is 2.64. The van der Waals surface area contributed by atoms with Gasteiger partial charge in [-0.05, 0) is 32.1 Å². The van der Waals surface area contributed by atoms with E-state index in [-0.39, 0.29) is 0 Å². The van der Waals surface area contributed by atoms with Crippen molar-refractivity contribution in [2.75, 3.05) is 27.7 Å². The summed E-state index contributed by atoms with van der Waals surface area (Å²) in [5.74, 6) is 0.874. The minimum atomic E-state index is 0.874. The summed E-state index contributed by atoms with van der Waals surface area (Å²) in [6.07, 6.45) is 4.86. The van der Waals surface area contributed by atoms with E-state index in [1.807, 2.05) is 29.0 Å². The van der Waals surface area contributed by atoms with E-state index in [9.17, 15) is 0 Å². The van der Waals surface area contributed by atoms with Crippen LogP contribution in [0.3, 0.4) is 0 Å². The molecule has 16 heavy (non-hydrogen) atoms. The van der Waals surface area contributed by atoms with Crippen molar-refractivity contribution in [2.45, 2.75) is 6.42 Å². The average molecular weight is 219 g/mol. The Bertz CT molecular complexity index is 476. The standard InChI is InChI=1S/C12H17N3O/c1-14(2)6-4-10-9-13-15-7-5-11(16-3)8-12(10)15/h5,7-9H,4,6H2,1-3H3. The summed E-state index contributed by atoms with van der Waals surface area (Å²) in [5, 5.41) is 4.31. The highest BCUT2D eigenvalue weighted by Crippen LogP contribution is 2.17.